The predicted octanol–water partition coefficient (Wildman–Crippen LogP) is 3.68. The predicted molar refractivity (Wildman–Crippen MR) is 84.7 cm³/mol. The van der Waals surface area contributed by atoms with Crippen LogP contribution in [0.15, 0.2) is 10.2 Å². The second kappa shape index (κ2) is 9.54. The number of hydrogen-bond acceptors (Lipinski definition) is 6. The van der Waals surface area contributed by atoms with E-state index >= 15 is 0 Å². The highest BCUT2D eigenvalue weighted by Crippen LogP contribution is 2.19. The van der Waals surface area contributed by atoms with Crippen molar-refractivity contribution in [2.45, 2.75) is 78.3 Å². The van der Waals surface area contributed by atoms with E-state index in [-0.39, 0.29) is 0 Å². The maximum atomic E-state index is 11.9. The van der Waals surface area contributed by atoms with Crippen molar-refractivity contribution < 1.29 is 19.1 Å². The van der Waals surface area contributed by atoms with Crippen molar-refractivity contribution in [1.29, 1.82) is 0 Å². The minimum absolute atomic E-state index is 0.372. The molecule has 0 spiro atoms. The summed E-state index contributed by atoms with van der Waals surface area (Å²) in [6, 6.07) is 0. The summed E-state index contributed by atoms with van der Waals surface area (Å²) < 4.78 is 10.3. The van der Waals surface area contributed by atoms with E-state index in [0.29, 0.717) is 13.2 Å². The van der Waals surface area contributed by atoms with Gasteiger partial charge in [-0.3, -0.25) is 0 Å². The molecule has 6 heteroatoms. The van der Waals surface area contributed by atoms with Crippen LogP contribution in [-0.2, 0) is 19.1 Å². The third-order valence-electron chi connectivity index (χ3n) is 3.01. The van der Waals surface area contributed by atoms with E-state index in [2.05, 4.69) is 10.2 Å². The first-order chi connectivity index (χ1) is 10.2. The molecule has 0 unspecified atom stereocenters. The summed E-state index contributed by atoms with van der Waals surface area (Å²) in [6.45, 7) is 11.2. The van der Waals surface area contributed by atoms with Crippen LogP contribution in [0.2, 0.25) is 0 Å². The molecule has 0 aliphatic heterocycles. The van der Waals surface area contributed by atoms with Gasteiger partial charge in [0.2, 0.25) is 0 Å². The molecule has 0 aromatic carbocycles. The number of esters is 2. The van der Waals surface area contributed by atoms with E-state index in [0.717, 1.165) is 25.7 Å². The van der Waals surface area contributed by atoms with Crippen LogP contribution >= 0.6 is 0 Å². The Labute approximate surface area is 133 Å². The van der Waals surface area contributed by atoms with Gasteiger partial charge in [-0.1, -0.05) is 26.7 Å². The van der Waals surface area contributed by atoms with Gasteiger partial charge >= 0.3 is 11.9 Å². The highest BCUT2D eigenvalue weighted by atomic mass is 16.5. The van der Waals surface area contributed by atoms with E-state index < -0.39 is 23.0 Å². The number of azo groups is 1. The fraction of sp³-hybridized carbons (Fsp3) is 0.875. The Bertz CT molecular complexity index is 354. The third-order valence-corrected chi connectivity index (χ3v) is 3.01. The molecule has 22 heavy (non-hydrogen) atoms. The maximum Gasteiger partial charge on any atom is 0.335 e. The lowest BCUT2D eigenvalue weighted by molar-refractivity contribution is -0.151. The van der Waals surface area contributed by atoms with Crippen LogP contribution in [0.25, 0.3) is 0 Å². The van der Waals surface area contributed by atoms with Crippen molar-refractivity contribution in [3.05, 3.63) is 0 Å². The maximum absolute atomic E-state index is 11.9. The number of ether oxygens (including phenoxy) is 2. The van der Waals surface area contributed by atoms with Gasteiger partial charge in [-0.05, 0) is 40.5 Å². The highest BCUT2D eigenvalue weighted by Gasteiger charge is 2.34. The summed E-state index contributed by atoms with van der Waals surface area (Å²) in [5.74, 6) is -0.889. The van der Waals surface area contributed by atoms with Gasteiger partial charge in [-0.15, -0.1) is 0 Å². The van der Waals surface area contributed by atoms with Crippen LogP contribution in [0.5, 0.6) is 0 Å². The van der Waals surface area contributed by atoms with Gasteiger partial charge in [0.25, 0.3) is 0 Å². The quantitative estimate of drug-likeness (QED) is 0.350. The average molecular weight is 314 g/mol. The first kappa shape index (κ1) is 20.5. The molecule has 0 bridgehead atoms. The molecular weight excluding hydrogens is 284 g/mol. The van der Waals surface area contributed by atoms with Crippen LogP contribution in [0.1, 0.15) is 67.2 Å². The molecule has 0 amide bonds. The fourth-order valence-electron chi connectivity index (χ4n) is 1.30. The highest BCUT2D eigenvalue weighted by molar-refractivity contribution is 5.81. The molecular formula is C16H30N2O4. The van der Waals surface area contributed by atoms with Crippen molar-refractivity contribution in [2.24, 2.45) is 10.2 Å². The summed E-state index contributed by atoms with van der Waals surface area (Å²) in [5.41, 5.74) is -2.23. The van der Waals surface area contributed by atoms with Crippen LogP contribution in [0, 0.1) is 0 Å². The monoisotopic (exact) mass is 314 g/mol. The van der Waals surface area contributed by atoms with Crippen molar-refractivity contribution >= 4 is 11.9 Å². The lowest BCUT2D eigenvalue weighted by Crippen LogP contribution is -2.35. The van der Waals surface area contributed by atoms with Crippen LogP contribution in [0.3, 0.4) is 0 Å². The lowest BCUT2D eigenvalue weighted by atomic mass is 10.1. The number of carbonyl (C=O) groups excluding carboxylic acids is 2. The number of carbonyl (C=O) groups is 2. The van der Waals surface area contributed by atoms with Gasteiger partial charge < -0.3 is 9.47 Å². The number of hydrogen-bond donors (Lipinski definition) is 0. The largest absolute Gasteiger partial charge is 0.464 e. The van der Waals surface area contributed by atoms with Crippen LogP contribution in [-0.4, -0.2) is 36.2 Å². The van der Waals surface area contributed by atoms with E-state index in [1.807, 2.05) is 13.8 Å². The second-order valence-electron chi connectivity index (χ2n) is 6.30. The Balaban J connectivity index is 4.62. The zero-order chi connectivity index (χ0) is 17.2. The molecule has 0 aliphatic rings. The van der Waals surface area contributed by atoms with Gasteiger partial charge in [0.05, 0.1) is 13.2 Å². The van der Waals surface area contributed by atoms with Crippen LogP contribution in [0.4, 0.5) is 0 Å². The normalized spacial score (nSPS) is 12.5. The topological polar surface area (TPSA) is 77.3 Å². The summed E-state index contributed by atoms with van der Waals surface area (Å²) in [7, 11) is 0. The Morgan fingerprint density at radius 3 is 1.36 bits per heavy atom. The SMILES string of the molecule is CCCCOC(=O)C(C)(C)/N=N/C(C)(C)C(=O)OCCCC. The zero-order valence-electron chi connectivity index (χ0n) is 14.8. The first-order valence-electron chi connectivity index (χ1n) is 7.96. The lowest BCUT2D eigenvalue weighted by Gasteiger charge is -2.21. The van der Waals surface area contributed by atoms with Crippen molar-refractivity contribution in [2.75, 3.05) is 13.2 Å². The van der Waals surface area contributed by atoms with E-state index in [9.17, 15) is 9.59 Å². The van der Waals surface area contributed by atoms with Crippen molar-refractivity contribution in [1.82, 2.24) is 0 Å². The molecule has 0 saturated carbocycles. The van der Waals surface area contributed by atoms with Crippen molar-refractivity contribution in [3.8, 4) is 0 Å². The number of unbranched alkanes of at least 4 members (excludes halogenated alkanes) is 2. The number of nitrogens with zero attached hydrogens (tertiary/aromatic N) is 2. The minimum Gasteiger partial charge on any atom is -0.464 e. The molecule has 0 atom stereocenters. The Hall–Kier alpha value is -1.46. The molecule has 0 saturated heterocycles. The molecule has 0 rings (SSSR count). The third kappa shape index (κ3) is 7.52. The Morgan fingerprint density at radius 2 is 1.09 bits per heavy atom. The molecule has 128 valence electrons. The summed E-state index contributed by atoms with van der Waals surface area (Å²) in [4.78, 5) is 23.9. The van der Waals surface area contributed by atoms with Crippen LogP contribution < -0.4 is 0 Å². The van der Waals surface area contributed by atoms with Gasteiger partial charge in [-0.2, -0.15) is 10.2 Å². The van der Waals surface area contributed by atoms with Gasteiger partial charge in [0, 0.05) is 0 Å². The molecule has 0 aromatic heterocycles. The molecule has 0 fully saturated rings. The Morgan fingerprint density at radius 1 is 0.773 bits per heavy atom. The molecule has 0 N–H and O–H groups in total. The fourth-order valence-corrected chi connectivity index (χ4v) is 1.30. The van der Waals surface area contributed by atoms with Gasteiger partial charge in [0.15, 0.2) is 11.1 Å². The summed E-state index contributed by atoms with van der Waals surface area (Å²) in [6.07, 6.45) is 3.53. The van der Waals surface area contributed by atoms with Gasteiger partial charge in [0.1, 0.15) is 0 Å². The van der Waals surface area contributed by atoms with E-state index in [4.69, 9.17) is 9.47 Å². The standard InChI is InChI=1S/C16H30N2O4/c1-7-9-11-21-13(19)15(3,4)17-18-16(5,6)14(20)22-12-10-8-2/h7-12H2,1-6H3/b18-17+. The minimum atomic E-state index is -1.12. The smallest absolute Gasteiger partial charge is 0.335 e. The molecule has 0 radical (unpaired) electrons. The zero-order valence-corrected chi connectivity index (χ0v) is 14.8. The van der Waals surface area contributed by atoms with E-state index in [1.54, 1.807) is 27.7 Å². The molecule has 0 aromatic rings. The number of rotatable bonds is 10. The molecule has 0 heterocycles. The Kier molecular flexibility index (Phi) is 8.90. The summed E-state index contributed by atoms with van der Waals surface area (Å²) >= 11 is 0. The average Bonchev–Trinajstić information content (AvgIpc) is 2.45. The second-order valence-corrected chi connectivity index (χ2v) is 6.30. The van der Waals surface area contributed by atoms with Crippen molar-refractivity contribution in [3.63, 3.8) is 0 Å². The van der Waals surface area contributed by atoms with E-state index in [1.165, 1.54) is 0 Å². The summed E-state index contributed by atoms with van der Waals surface area (Å²) in [5, 5.41) is 8.01. The molecule has 0 aliphatic carbocycles. The first-order valence-corrected chi connectivity index (χ1v) is 7.96. The van der Waals surface area contributed by atoms with Gasteiger partial charge in [-0.25, -0.2) is 9.59 Å². The molecule has 6 nitrogen and oxygen atoms in total.